The summed E-state index contributed by atoms with van der Waals surface area (Å²) in [5, 5.41) is 4.03. The van der Waals surface area contributed by atoms with Gasteiger partial charge in [0.25, 0.3) is 0 Å². The standard InChI is InChI=1S/C16H24N2O2/c1-13(17-18-15(19)20-16(2,3)4)9-8-12-14-10-6-5-7-11-14/h5-7,10-11H,8-9,12H2,1-4H3,(H,18,19)/b17-13-. The second kappa shape index (κ2) is 7.68. The third kappa shape index (κ3) is 7.56. The molecule has 0 bridgehead atoms. The summed E-state index contributed by atoms with van der Waals surface area (Å²) in [7, 11) is 0. The molecule has 1 rings (SSSR count). The third-order valence-corrected chi connectivity index (χ3v) is 2.58. The molecule has 1 amide bonds. The number of nitrogens with zero attached hydrogens (tertiary/aromatic N) is 1. The van der Waals surface area contributed by atoms with Gasteiger partial charge in [0, 0.05) is 5.71 Å². The third-order valence-electron chi connectivity index (χ3n) is 2.58. The van der Waals surface area contributed by atoms with E-state index in [-0.39, 0.29) is 0 Å². The normalized spacial score (nSPS) is 12.1. The Morgan fingerprint density at radius 3 is 2.50 bits per heavy atom. The molecule has 4 heteroatoms. The van der Waals surface area contributed by atoms with Crippen molar-refractivity contribution in [2.45, 2.75) is 52.6 Å². The van der Waals surface area contributed by atoms with Crippen LogP contribution in [-0.2, 0) is 11.2 Å². The van der Waals surface area contributed by atoms with E-state index in [0.29, 0.717) is 0 Å². The van der Waals surface area contributed by atoms with E-state index >= 15 is 0 Å². The van der Waals surface area contributed by atoms with Gasteiger partial charge in [-0.15, -0.1) is 0 Å². The minimum Gasteiger partial charge on any atom is -0.443 e. The number of aryl methyl sites for hydroxylation is 1. The van der Waals surface area contributed by atoms with Crippen molar-refractivity contribution in [3.63, 3.8) is 0 Å². The average molecular weight is 276 g/mol. The van der Waals surface area contributed by atoms with Crippen molar-refractivity contribution in [3.05, 3.63) is 35.9 Å². The van der Waals surface area contributed by atoms with Crippen molar-refractivity contribution in [2.24, 2.45) is 5.10 Å². The van der Waals surface area contributed by atoms with Crippen molar-refractivity contribution >= 4 is 11.8 Å². The highest BCUT2D eigenvalue weighted by molar-refractivity contribution is 5.83. The molecule has 20 heavy (non-hydrogen) atoms. The van der Waals surface area contributed by atoms with Gasteiger partial charge in [0.1, 0.15) is 5.60 Å². The lowest BCUT2D eigenvalue weighted by Gasteiger charge is -2.18. The summed E-state index contributed by atoms with van der Waals surface area (Å²) in [6.07, 6.45) is 2.36. The molecule has 0 aliphatic heterocycles. The molecule has 4 nitrogen and oxygen atoms in total. The molecule has 0 radical (unpaired) electrons. The van der Waals surface area contributed by atoms with Crippen LogP contribution in [0.1, 0.15) is 46.1 Å². The van der Waals surface area contributed by atoms with Crippen LogP contribution in [0.2, 0.25) is 0 Å². The summed E-state index contributed by atoms with van der Waals surface area (Å²) >= 11 is 0. The average Bonchev–Trinajstić information content (AvgIpc) is 2.36. The first kappa shape index (κ1) is 16.2. The number of carbonyl (C=O) groups excluding carboxylic acids is 1. The first-order valence-corrected chi connectivity index (χ1v) is 6.93. The molecule has 0 aromatic heterocycles. The lowest BCUT2D eigenvalue weighted by atomic mass is 10.1. The SMILES string of the molecule is C/C(CCCc1ccccc1)=N/NC(=O)OC(C)(C)C. The molecule has 0 aliphatic rings. The zero-order valence-corrected chi connectivity index (χ0v) is 12.8. The van der Waals surface area contributed by atoms with E-state index in [9.17, 15) is 4.79 Å². The maximum absolute atomic E-state index is 11.4. The topological polar surface area (TPSA) is 50.7 Å². The van der Waals surface area contributed by atoms with Crippen LogP contribution in [0, 0.1) is 0 Å². The number of nitrogens with one attached hydrogen (secondary N) is 1. The number of ether oxygens (including phenoxy) is 1. The molecule has 0 atom stereocenters. The highest BCUT2D eigenvalue weighted by Crippen LogP contribution is 2.07. The van der Waals surface area contributed by atoms with Gasteiger partial charge in [-0.05, 0) is 52.5 Å². The van der Waals surface area contributed by atoms with Crippen LogP contribution in [0.15, 0.2) is 35.4 Å². The monoisotopic (exact) mass is 276 g/mol. The smallest absolute Gasteiger partial charge is 0.428 e. The molecular weight excluding hydrogens is 252 g/mol. The van der Waals surface area contributed by atoms with E-state index < -0.39 is 11.7 Å². The highest BCUT2D eigenvalue weighted by atomic mass is 16.6. The van der Waals surface area contributed by atoms with E-state index in [1.54, 1.807) is 0 Å². The van der Waals surface area contributed by atoms with Crippen LogP contribution in [0.4, 0.5) is 4.79 Å². The molecule has 0 saturated carbocycles. The van der Waals surface area contributed by atoms with Crippen LogP contribution >= 0.6 is 0 Å². The number of amides is 1. The fourth-order valence-corrected chi connectivity index (χ4v) is 1.69. The van der Waals surface area contributed by atoms with Crippen LogP contribution < -0.4 is 5.43 Å². The van der Waals surface area contributed by atoms with Crippen molar-refractivity contribution in [3.8, 4) is 0 Å². The number of hydrogen-bond acceptors (Lipinski definition) is 3. The molecule has 0 unspecified atom stereocenters. The van der Waals surface area contributed by atoms with E-state index in [1.165, 1.54) is 5.56 Å². The van der Waals surface area contributed by atoms with Crippen LogP contribution in [0.3, 0.4) is 0 Å². The molecule has 0 heterocycles. The zero-order valence-electron chi connectivity index (χ0n) is 12.8. The van der Waals surface area contributed by atoms with Gasteiger partial charge in [-0.25, -0.2) is 10.2 Å². The zero-order chi connectivity index (χ0) is 15.0. The van der Waals surface area contributed by atoms with Crippen molar-refractivity contribution in [2.75, 3.05) is 0 Å². The molecule has 1 aromatic rings. The summed E-state index contributed by atoms with van der Waals surface area (Å²) < 4.78 is 5.10. The Morgan fingerprint density at radius 1 is 1.25 bits per heavy atom. The number of hydrazone groups is 1. The fraction of sp³-hybridized carbons (Fsp3) is 0.500. The number of benzene rings is 1. The lowest BCUT2D eigenvalue weighted by molar-refractivity contribution is 0.0529. The molecule has 110 valence electrons. The molecule has 0 fully saturated rings. The van der Waals surface area contributed by atoms with E-state index in [4.69, 9.17) is 4.74 Å². The molecule has 0 spiro atoms. The number of carbonyl (C=O) groups is 1. The lowest BCUT2D eigenvalue weighted by Crippen LogP contribution is -2.30. The summed E-state index contributed by atoms with van der Waals surface area (Å²) in [5.41, 5.74) is 4.13. The molecule has 0 aliphatic carbocycles. The Kier molecular flexibility index (Phi) is 6.22. The van der Waals surface area contributed by atoms with Crippen LogP contribution in [-0.4, -0.2) is 17.4 Å². The molecule has 1 aromatic carbocycles. The number of hydrogen-bond donors (Lipinski definition) is 1. The largest absolute Gasteiger partial charge is 0.443 e. The van der Waals surface area contributed by atoms with Crippen LogP contribution in [0.5, 0.6) is 0 Å². The van der Waals surface area contributed by atoms with Crippen molar-refractivity contribution in [1.82, 2.24) is 5.43 Å². The molecule has 1 N–H and O–H groups in total. The van der Waals surface area contributed by atoms with Gasteiger partial charge >= 0.3 is 6.09 Å². The van der Waals surface area contributed by atoms with Gasteiger partial charge in [0.15, 0.2) is 0 Å². The molecule has 0 saturated heterocycles. The quantitative estimate of drug-likeness (QED) is 0.654. The Balaban J connectivity index is 2.27. The Labute approximate surface area is 121 Å². The van der Waals surface area contributed by atoms with Gasteiger partial charge < -0.3 is 4.74 Å². The second-order valence-corrected chi connectivity index (χ2v) is 5.80. The maximum Gasteiger partial charge on any atom is 0.428 e. The Morgan fingerprint density at radius 2 is 1.90 bits per heavy atom. The van der Waals surface area contributed by atoms with Gasteiger partial charge in [0.2, 0.25) is 0 Å². The van der Waals surface area contributed by atoms with E-state index in [2.05, 4.69) is 22.7 Å². The first-order chi connectivity index (χ1) is 9.37. The fourth-order valence-electron chi connectivity index (χ4n) is 1.69. The van der Waals surface area contributed by atoms with Crippen molar-refractivity contribution in [1.29, 1.82) is 0 Å². The summed E-state index contributed by atoms with van der Waals surface area (Å²) in [6, 6.07) is 10.3. The van der Waals surface area contributed by atoms with E-state index in [0.717, 1.165) is 25.0 Å². The highest BCUT2D eigenvalue weighted by Gasteiger charge is 2.15. The van der Waals surface area contributed by atoms with Gasteiger partial charge in [0.05, 0.1) is 0 Å². The summed E-state index contributed by atoms with van der Waals surface area (Å²) in [4.78, 5) is 11.4. The predicted molar refractivity (Wildman–Crippen MR) is 81.9 cm³/mol. The Bertz CT molecular complexity index is 447. The van der Waals surface area contributed by atoms with E-state index in [1.807, 2.05) is 45.9 Å². The van der Waals surface area contributed by atoms with Gasteiger partial charge in [-0.3, -0.25) is 0 Å². The maximum atomic E-state index is 11.4. The summed E-state index contributed by atoms with van der Waals surface area (Å²) in [6.45, 7) is 7.37. The van der Waals surface area contributed by atoms with Crippen LogP contribution in [0.25, 0.3) is 0 Å². The molecular formula is C16H24N2O2. The van der Waals surface area contributed by atoms with Crippen molar-refractivity contribution < 1.29 is 9.53 Å². The first-order valence-electron chi connectivity index (χ1n) is 6.93. The minimum atomic E-state index is -0.514. The second-order valence-electron chi connectivity index (χ2n) is 5.80. The predicted octanol–water partition coefficient (Wildman–Crippen LogP) is 3.91. The Hall–Kier alpha value is -1.84. The van der Waals surface area contributed by atoms with Gasteiger partial charge in [-0.2, -0.15) is 5.10 Å². The van der Waals surface area contributed by atoms with Gasteiger partial charge in [-0.1, -0.05) is 30.3 Å². The minimum absolute atomic E-state index is 0.499. The number of rotatable bonds is 5. The summed E-state index contributed by atoms with van der Waals surface area (Å²) in [5.74, 6) is 0.